The van der Waals surface area contributed by atoms with Crippen molar-refractivity contribution >= 4 is 15.9 Å². The number of sulfonamides is 1. The third-order valence-corrected chi connectivity index (χ3v) is 3.82. The molecule has 0 atom stereocenters. The molecule has 0 aliphatic carbocycles. The van der Waals surface area contributed by atoms with Crippen LogP contribution < -0.4 is 5.14 Å². The van der Waals surface area contributed by atoms with Gasteiger partial charge in [-0.1, -0.05) is 13.8 Å². The Bertz CT molecular complexity index is 593. The van der Waals surface area contributed by atoms with Crippen LogP contribution in [0.4, 0.5) is 0 Å². The van der Waals surface area contributed by atoms with Crippen molar-refractivity contribution < 1.29 is 17.9 Å². The number of hydrogen-bond donors (Lipinski definition) is 1. The van der Waals surface area contributed by atoms with E-state index < -0.39 is 10.0 Å². The first-order valence-electron chi connectivity index (χ1n) is 6.64. The predicted octanol–water partition coefficient (Wildman–Crippen LogP) is 0.510. The summed E-state index contributed by atoms with van der Waals surface area (Å²) in [6.07, 6.45) is 1.37. The number of methoxy groups -OCH3 is 1. The van der Waals surface area contributed by atoms with Crippen LogP contribution in [0, 0.1) is 5.92 Å². The molecule has 2 N–H and O–H groups in total. The Morgan fingerprint density at radius 1 is 1.48 bits per heavy atom. The number of rotatable bonds is 7. The average molecular weight is 317 g/mol. The van der Waals surface area contributed by atoms with Crippen molar-refractivity contribution in [1.82, 2.24) is 9.47 Å². The first kappa shape index (κ1) is 17.7. The van der Waals surface area contributed by atoms with Gasteiger partial charge in [0.15, 0.2) is 0 Å². The van der Waals surface area contributed by atoms with E-state index in [0.29, 0.717) is 31.3 Å². The number of aromatic nitrogens is 1. The molecule has 0 spiro atoms. The third-order valence-electron chi connectivity index (χ3n) is 2.94. The van der Waals surface area contributed by atoms with Gasteiger partial charge in [-0.3, -0.25) is 4.79 Å². The molecule has 0 unspecified atom stereocenters. The minimum Gasteiger partial charge on any atom is -0.383 e. The highest BCUT2D eigenvalue weighted by Crippen LogP contribution is 2.15. The van der Waals surface area contributed by atoms with Crippen LogP contribution in [0.25, 0.3) is 0 Å². The summed E-state index contributed by atoms with van der Waals surface area (Å²) in [5.41, 5.74) is 0.291. The maximum Gasteiger partial charge on any atom is 0.270 e. The monoisotopic (exact) mass is 317 g/mol. The minimum atomic E-state index is -3.84. The Morgan fingerprint density at radius 3 is 2.57 bits per heavy atom. The number of amides is 1. The Labute approximate surface area is 125 Å². The lowest BCUT2D eigenvalue weighted by molar-refractivity contribution is 0.0766. The second-order valence-corrected chi connectivity index (χ2v) is 6.93. The molecule has 0 saturated heterocycles. The Kier molecular flexibility index (Phi) is 5.94. The SMILES string of the molecule is COCCn1cc(S(N)(=O)=O)cc1C(=O)N(C)CC(C)C. The summed E-state index contributed by atoms with van der Waals surface area (Å²) in [6.45, 7) is 5.33. The molecule has 0 bridgehead atoms. The standard InChI is InChI=1S/C13H23N3O4S/c1-10(2)8-15(3)13(17)12-7-11(21(14,18)19)9-16(12)5-6-20-4/h7,9-10H,5-6,8H2,1-4H3,(H2,14,18,19). The second-order valence-electron chi connectivity index (χ2n) is 5.37. The molecular formula is C13H23N3O4S. The molecule has 0 saturated carbocycles. The molecule has 1 rings (SSSR count). The largest absolute Gasteiger partial charge is 0.383 e. The van der Waals surface area contributed by atoms with E-state index in [2.05, 4.69) is 0 Å². The van der Waals surface area contributed by atoms with Gasteiger partial charge in [-0.05, 0) is 12.0 Å². The summed E-state index contributed by atoms with van der Waals surface area (Å²) >= 11 is 0. The fourth-order valence-electron chi connectivity index (χ4n) is 2.02. The smallest absolute Gasteiger partial charge is 0.270 e. The van der Waals surface area contributed by atoms with Crippen LogP contribution >= 0.6 is 0 Å². The summed E-state index contributed by atoms with van der Waals surface area (Å²) in [5, 5.41) is 5.13. The molecule has 1 aromatic heterocycles. The van der Waals surface area contributed by atoms with Crippen molar-refractivity contribution in [1.29, 1.82) is 0 Å². The highest BCUT2D eigenvalue weighted by atomic mass is 32.2. The van der Waals surface area contributed by atoms with Gasteiger partial charge in [-0.2, -0.15) is 0 Å². The number of carbonyl (C=O) groups is 1. The maximum absolute atomic E-state index is 12.4. The molecule has 7 nitrogen and oxygen atoms in total. The van der Waals surface area contributed by atoms with Crippen LogP contribution in [0.1, 0.15) is 24.3 Å². The zero-order chi connectivity index (χ0) is 16.2. The van der Waals surface area contributed by atoms with Gasteiger partial charge in [-0.15, -0.1) is 0 Å². The van der Waals surface area contributed by atoms with Crippen molar-refractivity contribution in [2.45, 2.75) is 25.3 Å². The topological polar surface area (TPSA) is 94.6 Å². The molecule has 1 amide bonds. The van der Waals surface area contributed by atoms with Gasteiger partial charge in [0.25, 0.3) is 5.91 Å². The lowest BCUT2D eigenvalue weighted by Crippen LogP contribution is -2.32. The third kappa shape index (κ3) is 4.83. The molecule has 0 radical (unpaired) electrons. The van der Waals surface area contributed by atoms with E-state index in [0.717, 1.165) is 0 Å². The van der Waals surface area contributed by atoms with Crippen molar-refractivity contribution in [3.63, 3.8) is 0 Å². The van der Waals surface area contributed by atoms with E-state index in [-0.39, 0.29) is 10.8 Å². The van der Waals surface area contributed by atoms with E-state index in [1.54, 1.807) is 16.5 Å². The summed E-state index contributed by atoms with van der Waals surface area (Å²) in [6, 6.07) is 1.31. The van der Waals surface area contributed by atoms with Crippen molar-refractivity contribution in [2.24, 2.45) is 11.1 Å². The quantitative estimate of drug-likeness (QED) is 0.792. The van der Waals surface area contributed by atoms with Gasteiger partial charge in [-0.25, -0.2) is 13.6 Å². The highest BCUT2D eigenvalue weighted by molar-refractivity contribution is 7.89. The Balaban J connectivity index is 3.13. The van der Waals surface area contributed by atoms with Gasteiger partial charge in [0.2, 0.25) is 10.0 Å². The van der Waals surface area contributed by atoms with E-state index in [1.807, 2.05) is 13.8 Å². The lowest BCUT2D eigenvalue weighted by atomic mass is 10.2. The van der Waals surface area contributed by atoms with Crippen LogP contribution in [0.5, 0.6) is 0 Å². The number of ether oxygens (including phenoxy) is 1. The molecule has 1 heterocycles. The van der Waals surface area contributed by atoms with Gasteiger partial charge < -0.3 is 14.2 Å². The van der Waals surface area contributed by atoms with E-state index in [4.69, 9.17) is 9.88 Å². The minimum absolute atomic E-state index is 0.0695. The van der Waals surface area contributed by atoms with Gasteiger partial charge >= 0.3 is 0 Å². The highest BCUT2D eigenvalue weighted by Gasteiger charge is 2.21. The van der Waals surface area contributed by atoms with Crippen molar-refractivity contribution in [3.05, 3.63) is 18.0 Å². The van der Waals surface area contributed by atoms with Crippen LogP contribution in [-0.2, 0) is 21.3 Å². The molecule has 120 valence electrons. The molecule has 0 aliphatic rings. The van der Waals surface area contributed by atoms with E-state index >= 15 is 0 Å². The van der Waals surface area contributed by atoms with Crippen LogP contribution in [0.15, 0.2) is 17.2 Å². The van der Waals surface area contributed by atoms with Crippen LogP contribution in [-0.4, -0.2) is 51.1 Å². The normalized spacial score (nSPS) is 11.9. The maximum atomic E-state index is 12.4. The number of carbonyl (C=O) groups excluding carboxylic acids is 1. The summed E-state index contributed by atoms with van der Waals surface area (Å²) in [5.74, 6) is 0.0775. The summed E-state index contributed by atoms with van der Waals surface area (Å²) < 4.78 is 29.4. The molecular weight excluding hydrogens is 294 g/mol. The average Bonchev–Trinajstić information content (AvgIpc) is 2.78. The molecule has 0 fully saturated rings. The fraction of sp³-hybridized carbons (Fsp3) is 0.615. The zero-order valence-corrected chi connectivity index (χ0v) is 13.7. The molecule has 0 aromatic carbocycles. The number of nitrogens with zero attached hydrogens (tertiary/aromatic N) is 2. The van der Waals surface area contributed by atoms with Crippen LogP contribution in [0.2, 0.25) is 0 Å². The zero-order valence-electron chi connectivity index (χ0n) is 12.9. The Hall–Kier alpha value is -1.38. The van der Waals surface area contributed by atoms with E-state index in [9.17, 15) is 13.2 Å². The summed E-state index contributed by atoms with van der Waals surface area (Å²) in [4.78, 5) is 13.9. The molecule has 21 heavy (non-hydrogen) atoms. The first-order valence-corrected chi connectivity index (χ1v) is 8.18. The first-order chi connectivity index (χ1) is 9.66. The van der Waals surface area contributed by atoms with Gasteiger partial charge in [0.1, 0.15) is 10.6 Å². The number of hydrogen-bond acceptors (Lipinski definition) is 4. The Morgan fingerprint density at radius 2 is 2.10 bits per heavy atom. The predicted molar refractivity (Wildman–Crippen MR) is 79.5 cm³/mol. The lowest BCUT2D eigenvalue weighted by Gasteiger charge is -2.20. The van der Waals surface area contributed by atoms with Crippen molar-refractivity contribution in [3.8, 4) is 0 Å². The fourth-order valence-corrected chi connectivity index (χ4v) is 2.57. The number of nitrogens with two attached hydrogens (primary N) is 1. The second kappa shape index (κ2) is 7.06. The molecule has 8 heteroatoms. The number of primary sulfonamides is 1. The summed E-state index contributed by atoms with van der Waals surface area (Å²) in [7, 11) is -0.619. The van der Waals surface area contributed by atoms with Crippen molar-refractivity contribution in [2.75, 3.05) is 27.3 Å². The van der Waals surface area contributed by atoms with Gasteiger partial charge in [0, 0.05) is 33.4 Å². The van der Waals surface area contributed by atoms with Gasteiger partial charge in [0.05, 0.1) is 6.61 Å². The van der Waals surface area contributed by atoms with E-state index in [1.165, 1.54) is 19.4 Å². The molecule has 1 aromatic rings. The molecule has 0 aliphatic heterocycles. The van der Waals surface area contributed by atoms with Crippen LogP contribution in [0.3, 0.4) is 0 Å².